The summed E-state index contributed by atoms with van der Waals surface area (Å²) < 4.78 is 5.40. The zero-order valence-corrected chi connectivity index (χ0v) is 8.97. The maximum Gasteiger partial charge on any atom is 0.269 e. The highest BCUT2D eigenvalue weighted by molar-refractivity contribution is 5.42. The average molecular weight is 220 g/mol. The number of nitrogens with zero attached hydrogens (tertiary/aromatic N) is 2. The lowest BCUT2D eigenvalue weighted by atomic mass is 10.2. The summed E-state index contributed by atoms with van der Waals surface area (Å²) in [6, 6.07) is 6.49. The van der Waals surface area contributed by atoms with Crippen LogP contribution in [-0.4, -0.2) is 11.5 Å². The number of unbranched alkanes of at least 4 members (excludes halogenated alkanes) is 1. The van der Waals surface area contributed by atoms with Crippen LogP contribution in [0.25, 0.3) is 0 Å². The number of aryl methyl sites for hydroxylation is 1. The standard InChI is InChI=1S/C11H12N2O3/c1-9-8-10(13(14)15)4-5-11(9)16-7-3-2-6-12/h4-5,8H,2-3,7H2,1H3. The second-order valence-corrected chi connectivity index (χ2v) is 3.32. The van der Waals surface area contributed by atoms with Crippen molar-refractivity contribution in [1.82, 2.24) is 0 Å². The molecule has 0 atom stereocenters. The van der Waals surface area contributed by atoms with E-state index in [1.54, 1.807) is 13.0 Å². The number of nitro benzene ring substituents is 1. The van der Waals surface area contributed by atoms with Gasteiger partial charge in [-0.05, 0) is 25.0 Å². The molecule has 1 rings (SSSR count). The van der Waals surface area contributed by atoms with Crippen LogP contribution < -0.4 is 4.74 Å². The summed E-state index contributed by atoms with van der Waals surface area (Å²) in [5.74, 6) is 0.628. The van der Waals surface area contributed by atoms with Gasteiger partial charge in [-0.3, -0.25) is 10.1 Å². The molecule has 0 spiro atoms. The molecule has 0 aliphatic carbocycles. The van der Waals surface area contributed by atoms with Crippen molar-refractivity contribution in [2.75, 3.05) is 6.61 Å². The Morgan fingerprint density at radius 1 is 1.56 bits per heavy atom. The van der Waals surface area contributed by atoms with Crippen LogP contribution in [0, 0.1) is 28.4 Å². The Morgan fingerprint density at radius 2 is 2.31 bits per heavy atom. The Kier molecular flexibility index (Phi) is 4.28. The number of benzene rings is 1. The second-order valence-electron chi connectivity index (χ2n) is 3.32. The summed E-state index contributed by atoms with van der Waals surface area (Å²) in [4.78, 5) is 10.1. The van der Waals surface area contributed by atoms with E-state index in [1.165, 1.54) is 12.1 Å². The summed E-state index contributed by atoms with van der Waals surface area (Å²) in [6.45, 7) is 2.21. The quantitative estimate of drug-likeness (QED) is 0.434. The zero-order chi connectivity index (χ0) is 12.0. The first kappa shape index (κ1) is 12.0. The lowest BCUT2D eigenvalue weighted by molar-refractivity contribution is -0.384. The van der Waals surface area contributed by atoms with Gasteiger partial charge in [0.05, 0.1) is 17.6 Å². The number of hydrogen-bond acceptors (Lipinski definition) is 4. The highest BCUT2D eigenvalue weighted by Crippen LogP contribution is 2.23. The van der Waals surface area contributed by atoms with Gasteiger partial charge in [-0.25, -0.2) is 0 Å². The third-order valence-electron chi connectivity index (χ3n) is 2.06. The second kappa shape index (κ2) is 5.71. The molecule has 0 aliphatic rings. The molecule has 0 saturated carbocycles. The largest absolute Gasteiger partial charge is 0.493 e. The molecule has 0 N–H and O–H groups in total. The Morgan fingerprint density at radius 3 is 2.88 bits per heavy atom. The van der Waals surface area contributed by atoms with Crippen LogP contribution in [0.2, 0.25) is 0 Å². The number of nitriles is 1. The molecule has 1 aromatic carbocycles. The van der Waals surface area contributed by atoms with Crippen LogP contribution in [0.1, 0.15) is 18.4 Å². The Labute approximate surface area is 93.4 Å². The molecule has 1 aromatic rings. The van der Waals surface area contributed by atoms with Gasteiger partial charge < -0.3 is 4.74 Å². The van der Waals surface area contributed by atoms with Crippen molar-refractivity contribution in [3.8, 4) is 11.8 Å². The number of rotatable bonds is 5. The van der Waals surface area contributed by atoms with Gasteiger partial charge in [0, 0.05) is 18.6 Å². The van der Waals surface area contributed by atoms with Crippen molar-refractivity contribution < 1.29 is 9.66 Å². The van der Waals surface area contributed by atoms with Gasteiger partial charge in [0.2, 0.25) is 0 Å². The highest BCUT2D eigenvalue weighted by Gasteiger charge is 2.08. The number of ether oxygens (including phenoxy) is 1. The minimum absolute atomic E-state index is 0.0573. The summed E-state index contributed by atoms with van der Waals surface area (Å²) in [5.41, 5.74) is 0.785. The van der Waals surface area contributed by atoms with Crippen LogP contribution in [0.15, 0.2) is 18.2 Å². The minimum Gasteiger partial charge on any atom is -0.493 e. The molecule has 0 heterocycles. The van der Waals surface area contributed by atoms with Gasteiger partial charge in [-0.2, -0.15) is 5.26 Å². The molecule has 0 fully saturated rings. The Bertz CT molecular complexity index is 424. The molecular weight excluding hydrogens is 208 g/mol. The summed E-state index contributed by atoms with van der Waals surface area (Å²) >= 11 is 0. The molecule has 84 valence electrons. The fraction of sp³-hybridized carbons (Fsp3) is 0.364. The molecular formula is C11H12N2O3. The molecule has 0 unspecified atom stereocenters. The fourth-order valence-electron chi connectivity index (χ4n) is 1.24. The van der Waals surface area contributed by atoms with Crippen molar-refractivity contribution in [2.24, 2.45) is 0 Å². The van der Waals surface area contributed by atoms with Gasteiger partial charge in [-0.15, -0.1) is 0 Å². The van der Waals surface area contributed by atoms with Crippen LogP contribution in [-0.2, 0) is 0 Å². The third kappa shape index (κ3) is 3.24. The van der Waals surface area contributed by atoms with E-state index in [2.05, 4.69) is 0 Å². The zero-order valence-electron chi connectivity index (χ0n) is 8.97. The molecule has 0 aliphatic heterocycles. The van der Waals surface area contributed by atoms with Gasteiger partial charge in [0.1, 0.15) is 5.75 Å². The molecule has 5 nitrogen and oxygen atoms in total. The first-order valence-electron chi connectivity index (χ1n) is 4.90. The van der Waals surface area contributed by atoms with E-state index in [1.807, 2.05) is 6.07 Å². The van der Waals surface area contributed by atoms with Crippen LogP contribution >= 0.6 is 0 Å². The molecule has 0 aromatic heterocycles. The predicted molar refractivity (Wildman–Crippen MR) is 58.2 cm³/mol. The van der Waals surface area contributed by atoms with E-state index in [-0.39, 0.29) is 5.69 Å². The lowest BCUT2D eigenvalue weighted by Gasteiger charge is -2.07. The number of nitro groups is 1. The first-order chi connectivity index (χ1) is 7.65. The monoisotopic (exact) mass is 220 g/mol. The minimum atomic E-state index is -0.438. The van der Waals surface area contributed by atoms with Crippen molar-refractivity contribution in [3.05, 3.63) is 33.9 Å². The highest BCUT2D eigenvalue weighted by atomic mass is 16.6. The SMILES string of the molecule is Cc1cc([N+](=O)[O-])ccc1OCCCC#N. The Balaban J connectivity index is 2.62. The molecule has 0 radical (unpaired) electrons. The summed E-state index contributed by atoms with van der Waals surface area (Å²) in [6.07, 6.45) is 1.11. The third-order valence-corrected chi connectivity index (χ3v) is 2.06. The van der Waals surface area contributed by atoms with E-state index in [0.29, 0.717) is 25.2 Å². The van der Waals surface area contributed by atoms with Crippen molar-refractivity contribution in [1.29, 1.82) is 5.26 Å². The number of non-ortho nitro benzene ring substituents is 1. The average Bonchev–Trinajstić information content (AvgIpc) is 2.26. The van der Waals surface area contributed by atoms with Gasteiger partial charge in [0.15, 0.2) is 0 Å². The first-order valence-corrected chi connectivity index (χ1v) is 4.90. The number of hydrogen-bond donors (Lipinski definition) is 0. The van der Waals surface area contributed by atoms with Crippen LogP contribution in [0.3, 0.4) is 0 Å². The smallest absolute Gasteiger partial charge is 0.269 e. The lowest BCUT2D eigenvalue weighted by Crippen LogP contribution is -1.99. The topological polar surface area (TPSA) is 76.2 Å². The normalized spacial score (nSPS) is 9.50. The van der Waals surface area contributed by atoms with E-state index in [9.17, 15) is 10.1 Å². The van der Waals surface area contributed by atoms with Gasteiger partial charge >= 0.3 is 0 Å². The molecule has 0 saturated heterocycles. The van der Waals surface area contributed by atoms with Crippen molar-refractivity contribution >= 4 is 5.69 Å². The summed E-state index contributed by atoms with van der Waals surface area (Å²) in [7, 11) is 0. The maximum absolute atomic E-state index is 10.5. The van der Waals surface area contributed by atoms with Crippen molar-refractivity contribution in [3.63, 3.8) is 0 Å². The Hall–Kier alpha value is -2.09. The fourth-order valence-corrected chi connectivity index (χ4v) is 1.24. The van der Waals surface area contributed by atoms with E-state index in [0.717, 1.165) is 5.56 Å². The van der Waals surface area contributed by atoms with E-state index >= 15 is 0 Å². The van der Waals surface area contributed by atoms with Crippen LogP contribution in [0.4, 0.5) is 5.69 Å². The molecule has 5 heteroatoms. The van der Waals surface area contributed by atoms with Gasteiger partial charge in [0.25, 0.3) is 5.69 Å². The predicted octanol–water partition coefficient (Wildman–Crippen LogP) is 2.59. The molecule has 16 heavy (non-hydrogen) atoms. The van der Waals surface area contributed by atoms with Crippen molar-refractivity contribution in [2.45, 2.75) is 19.8 Å². The molecule has 0 bridgehead atoms. The van der Waals surface area contributed by atoms with E-state index < -0.39 is 4.92 Å². The van der Waals surface area contributed by atoms with Gasteiger partial charge in [-0.1, -0.05) is 0 Å². The van der Waals surface area contributed by atoms with Crippen LogP contribution in [0.5, 0.6) is 5.75 Å². The summed E-state index contributed by atoms with van der Waals surface area (Å²) in [5, 5.41) is 18.8. The maximum atomic E-state index is 10.5. The molecule has 0 amide bonds. The van der Waals surface area contributed by atoms with E-state index in [4.69, 9.17) is 10.00 Å².